The number of ether oxygens (including phenoxy) is 1. The van der Waals surface area contributed by atoms with Crippen molar-refractivity contribution < 1.29 is 18.4 Å². The Morgan fingerprint density at radius 1 is 0.949 bits per heavy atom. The molecule has 2 aliphatic heterocycles. The van der Waals surface area contributed by atoms with Crippen LogP contribution in [0, 0.1) is 17.7 Å². The lowest BCUT2D eigenvalue weighted by Gasteiger charge is -2.34. The SMILES string of the molecule is O=C(CC1CCC(CCN2CCC(c3noc4cc(F)ccc34)CC2)CC1)c1ccnc(N2CCOCC2)c1. The Morgan fingerprint density at radius 3 is 2.51 bits per heavy atom. The fourth-order valence-corrected chi connectivity index (χ4v) is 6.68. The van der Waals surface area contributed by atoms with Crippen molar-refractivity contribution in [1.82, 2.24) is 15.0 Å². The van der Waals surface area contributed by atoms with E-state index < -0.39 is 0 Å². The van der Waals surface area contributed by atoms with Crippen molar-refractivity contribution >= 4 is 22.6 Å². The summed E-state index contributed by atoms with van der Waals surface area (Å²) < 4.78 is 24.3. The molecule has 0 bridgehead atoms. The predicted octanol–water partition coefficient (Wildman–Crippen LogP) is 5.85. The first-order chi connectivity index (χ1) is 19.1. The monoisotopic (exact) mass is 534 g/mol. The lowest BCUT2D eigenvalue weighted by Crippen LogP contribution is -2.36. The molecule has 4 heterocycles. The third-order valence-electron chi connectivity index (χ3n) is 9.13. The van der Waals surface area contributed by atoms with Crippen LogP contribution in [0.25, 0.3) is 11.0 Å². The molecule has 0 radical (unpaired) electrons. The van der Waals surface area contributed by atoms with E-state index >= 15 is 0 Å². The molecule has 0 amide bonds. The highest BCUT2D eigenvalue weighted by Gasteiger charge is 2.27. The van der Waals surface area contributed by atoms with E-state index in [4.69, 9.17) is 9.26 Å². The summed E-state index contributed by atoms with van der Waals surface area (Å²) in [6.07, 6.45) is 10.6. The number of Topliss-reactive ketones (excluding diaryl/α,β-unsaturated/α-hetero) is 1. The molecule has 1 aliphatic carbocycles. The van der Waals surface area contributed by atoms with Gasteiger partial charge in [0, 0.05) is 48.6 Å². The van der Waals surface area contributed by atoms with E-state index in [1.807, 2.05) is 12.1 Å². The van der Waals surface area contributed by atoms with Crippen LogP contribution in [0.1, 0.15) is 73.3 Å². The highest BCUT2D eigenvalue weighted by atomic mass is 19.1. The topological polar surface area (TPSA) is 71.7 Å². The number of pyridine rings is 1. The lowest BCUT2D eigenvalue weighted by molar-refractivity contribution is 0.0939. The number of carbonyl (C=O) groups excluding carboxylic acids is 1. The fourth-order valence-electron chi connectivity index (χ4n) is 6.68. The molecule has 0 N–H and O–H groups in total. The number of ketones is 1. The summed E-state index contributed by atoms with van der Waals surface area (Å²) in [4.78, 5) is 22.3. The lowest BCUT2D eigenvalue weighted by atomic mass is 9.78. The average Bonchev–Trinajstić information content (AvgIpc) is 3.40. The second kappa shape index (κ2) is 12.1. The van der Waals surface area contributed by atoms with Gasteiger partial charge >= 0.3 is 0 Å². The van der Waals surface area contributed by atoms with Gasteiger partial charge in [-0.3, -0.25) is 4.79 Å². The van der Waals surface area contributed by atoms with E-state index in [0.29, 0.717) is 37.1 Å². The number of nitrogens with zero attached hydrogens (tertiary/aromatic N) is 4. The van der Waals surface area contributed by atoms with Gasteiger partial charge in [0.05, 0.1) is 18.9 Å². The van der Waals surface area contributed by atoms with Crippen molar-refractivity contribution in [2.45, 2.75) is 57.3 Å². The Morgan fingerprint density at radius 2 is 1.72 bits per heavy atom. The van der Waals surface area contributed by atoms with Gasteiger partial charge in [-0.15, -0.1) is 0 Å². The van der Waals surface area contributed by atoms with Gasteiger partial charge in [0.15, 0.2) is 11.4 Å². The maximum Gasteiger partial charge on any atom is 0.170 e. The first-order valence-corrected chi connectivity index (χ1v) is 14.7. The minimum Gasteiger partial charge on any atom is -0.378 e. The van der Waals surface area contributed by atoms with E-state index in [-0.39, 0.29) is 11.6 Å². The quantitative estimate of drug-likeness (QED) is 0.336. The molecule has 6 rings (SSSR count). The Hall–Kier alpha value is -2.84. The van der Waals surface area contributed by atoms with E-state index in [1.54, 1.807) is 12.3 Å². The third kappa shape index (κ3) is 6.33. The van der Waals surface area contributed by atoms with Crippen molar-refractivity contribution in [2.75, 3.05) is 50.8 Å². The van der Waals surface area contributed by atoms with Gasteiger partial charge in [-0.05, 0) is 87.8 Å². The summed E-state index contributed by atoms with van der Waals surface area (Å²) in [5.74, 6) is 2.50. The van der Waals surface area contributed by atoms with Gasteiger partial charge in [-0.1, -0.05) is 18.0 Å². The van der Waals surface area contributed by atoms with Gasteiger partial charge in [0.2, 0.25) is 0 Å². The Balaban J connectivity index is 0.918. The number of fused-ring (bicyclic) bond motifs is 1. The van der Waals surface area contributed by atoms with Crippen LogP contribution in [-0.2, 0) is 4.74 Å². The number of hydrogen-bond donors (Lipinski definition) is 0. The second-order valence-corrected chi connectivity index (χ2v) is 11.6. The molecular formula is C31H39FN4O3. The third-order valence-corrected chi connectivity index (χ3v) is 9.13. The van der Waals surface area contributed by atoms with Gasteiger partial charge in [-0.2, -0.15) is 0 Å². The van der Waals surface area contributed by atoms with Crippen molar-refractivity contribution in [1.29, 1.82) is 0 Å². The maximum atomic E-state index is 13.5. The normalized spacial score (nSPS) is 23.4. The molecule has 39 heavy (non-hydrogen) atoms. The van der Waals surface area contributed by atoms with Crippen molar-refractivity contribution in [3.8, 4) is 0 Å². The number of anilines is 1. The Kier molecular flexibility index (Phi) is 8.21. The van der Waals surface area contributed by atoms with Crippen molar-refractivity contribution in [3.05, 3.63) is 53.6 Å². The Labute approximate surface area is 229 Å². The standard InChI is InChI=1S/C31H39FN4O3/c32-26-5-6-27-29(21-26)39-34-31(27)24-9-13-35(14-10-24)12-8-22-1-3-23(4-2-22)19-28(37)25-7-11-33-30(20-25)36-15-17-38-18-16-36/h5-7,11,20-24H,1-4,8-10,12-19H2. The van der Waals surface area contributed by atoms with Gasteiger partial charge < -0.3 is 19.1 Å². The zero-order valence-electron chi connectivity index (χ0n) is 22.7. The zero-order valence-corrected chi connectivity index (χ0v) is 22.7. The van der Waals surface area contributed by atoms with E-state index in [2.05, 4.69) is 19.9 Å². The number of benzene rings is 1. The second-order valence-electron chi connectivity index (χ2n) is 11.6. The number of piperidine rings is 1. The predicted molar refractivity (Wildman–Crippen MR) is 149 cm³/mol. The number of morpholine rings is 1. The minimum absolute atomic E-state index is 0.253. The average molecular weight is 535 g/mol. The van der Waals surface area contributed by atoms with E-state index in [1.165, 1.54) is 31.4 Å². The van der Waals surface area contributed by atoms with Gasteiger partial charge in [0.1, 0.15) is 11.6 Å². The number of aromatic nitrogens is 2. The summed E-state index contributed by atoms with van der Waals surface area (Å²) >= 11 is 0. The highest BCUT2D eigenvalue weighted by Crippen LogP contribution is 2.35. The van der Waals surface area contributed by atoms with Crippen LogP contribution in [0.2, 0.25) is 0 Å². The first-order valence-electron chi connectivity index (χ1n) is 14.7. The van der Waals surface area contributed by atoms with Crippen LogP contribution in [0.15, 0.2) is 41.1 Å². The molecule has 0 unspecified atom stereocenters. The number of rotatable bonds is 8. The van der Waals surface area contributed by atoms with Crippen molar-refractivity contribution in [3.63, 3.8) is 0 Å². The smallest absolute Gasteiger partial charge is 0.170 e. The molecule has 2 saturated heterocycles. The fraction of sp³-hybridized carbons (Fsp3) is 0.581. The number of halogens is 1. The molecule has 3 fully saturated rings. The summed E-state index contributed by atoms with van der Waals surface area (Å²) in [6, 6.07) is 8.55. The molecule has 7 nitrogen and oxygen atoms in total. The Bertz CT molecular complexity index is 1260. The molecule has 1 aromatic carbocycles. The molecule has 1 saturated carbocycles. The summed E-state index contributed by atoms with van der Waals surface area (Å²) in [5.41, 5.74) is 2.33. The molecule has 8 heteroatoms. The number of hydrogen-bond acceptors (Lipinski definition) is 7. The summed E-state index contributed by atoms with van der Waals surface area (Å²) in [6.45, 7) is 6.37. The first kappa shape index (κ1) is 26.4. The zero-order chi connectivity index (χ0) is 26.6. The molecule has 3 aliphatic rings. The molecule has 208 valence electrons. The molecule has 0 spiro atoms. The minimum atomic E-state index is -0.285. The van der Waals surface area contributed by atoms with Crippen LogP contribution in [0.4, 0.5) is 10.2 Å². The van der Waals surface area contributed by atoms with Gasteiger partial charge in [0.25, 0.3) is 0 Å². The summed E-state index contributed by atoms with van der Waals surface area (Å²) in [7, 11) is 0. The maximum absolute atomic E-state index is 13.5. The van der Waals surface area contributed by atoms with Crippen LogP contribution in [0.5, 0.6) is 0 Å². The molecule has 0 atom stereocenters. The number of likely N-dealkylation sites (tertiary alicyclic amines) is 1. The van der Waals surface area contributed by atoms with Crippen LogP contribution in [-0.4, -0.2) is 66.8 Å². The van der Waals surface area contributed by atoms with Gasteiger partial charge in [-0.25, -0.2) is 9.37 Å². The van der Waals surface area contributed by atoms with Crippen molar-refractivity contribution in [2.24, 2.45) is 11.8 Å². The van der Waals surface area contributed by atoms with Crippen LogP contribution >= 0.6 is 0 Å². The summed E-state index contributed by atoms with van der Waals surface area (Å²) in [5, 5.41) is 5.23. The van der Waals surface area contributed by atoms with E-state index in [0.717, 1.165) is 86.8 Å². The van der Waals surface area contributed by atoms with Crippen LogP contribution < -0.4 is 4.90 Å². The highest BCUT2D eigenvalue weighted by molar-refractivity contribution is 5.96. The molecule has 3 aromatic rings. The molecule has 2 aromatic heterocycles. The van der Waals surface area contributed by atoms with Crippen LogP contribution in [0.3, 0.4) is 0 Å². The number of carbonyl (C=O) groups is 1. The largest absolute Gasteiger partial charge is 0.378 e. The molecular weight excluding hydrogens is 495 g/mol. The van der Waals surface area contributed by atoms with E-state index in [9.17, 15) is 9.18 Å².